The van der Waals surface area contributed by atoms with Crippen molar-refractivity contribution in [3.63, 3.8) is 0 Å². The summed E-state index contributed by atoms with van der Waals surface area (Å²) in [4.78, 5) is 11.8. The monoisotopic (exact) mass is 370 g/mol. The molecule has 0 spiro atoms. The minimum atomic E-state index is -3.61. The highest BCUT2D eigenvalue weighted by molar-refractivity contribution is 7.89. The fraction of sp³-hybridized carbons (Fsp3) is 0.350. The predicted octanol–water partition coefficient (Wildman–Crippen LogP) is 3.27. The number of amides is 1. The number of nitrogens with zero attached hydrogens (tertiary/aromatic N) is 1. The topological polar surface area (TPSA) is 66.5 Å². The summed E-state index contributed by atoms with van der Waals surface area (Å²) in [5.41, 5.74) is 3.93. The van der Waals surface area contributed by atoms with Crippen molar-refractivity contribution in [2.75, 3.05) is 12.4 Å². The van der Waals surface area contributed by atoms with Crippen LogP contribution in [0.5, 0.6) is 0 Å². The van der Waals surface area contributed by atoms with E-state index in [4.69, 9.17) is 0 Å². The van der Waals surface area contributed by atoms with E-state index in [2.05, 4.69) is 11.4 Å². The van der Waals surface area contributed by atoms with Gasteiger partial charge in [0.1, 0.15) is 0 Å². The summed E-state index contributed by atoms with van der Waals surface area (Å²) in [6.07, 6.45) is 3.77. The Morgan fingerprint density at radius 3 is 2.69 bits per heavy atom. The molecule has 2 aliphatic rings. The van der Waals surface area contributed by atoms with E-state index in [1.165, 1.54) is 9.87 Å². The first-order valence-corrected chi connectivity index (χ1v) is 10.4. The maximum absolute atomic E-state index is 13.2. The Labute approximate surface area is 154 Å². The van der Waals surface area contributed by atoms with E-state index in [0.29, 0.717) is 18.5 Å². The number of sulfonamides is 1. The molecule has 6 heteroatoms. The summed E-state index contributed by atoms with van der Waals surface area (Å²) in [6.45, 7) is 0. The number of nitrogens with one attached hydrogen (secondary N) is 1. The standard InChI is InChI=1S/C20H22N2O3S/c1-22(19-8-4-6-14-5-2-3-7-17(14)19)26(24,25)16-10-11-18-15(13-16)9-12-20(23)21-18/h2-3,5,7,10-11,13,19H,4,6,8-9,12H2,1H3,(H,21,23)/t19-/m1/s1. The number of carbonyl (C=O) groups is 1. The van der Waals surface area contributed by atoms with Crippen LogP contribution in [0.4, 0.5) is 5.69 Å². The van der Waals surface area contributed by atoms with E-state index >= 15 is 0 Å². The summed E-state index contributed by atoms with van der Waals surface area (Å²) >= 11 is 0. The SMILES string of the molecule is CN([C@@H]1CCCc2ccccc21)S(=O)(=O)c1ccc2c(c1)CCC(=O)N2. The van der Waals surface area contributed by atoms with Crippen LogP contribution >= 0.6 is 0 Å². The van der Waals surface area contributed by atoms with Gasteiger partial charge < -0.3 is 5.32 Å². The van der Waals surface area contributed by atoms with Crippen molar-refractivity contribution >= 4 is 21.6 Å². The molecule has 1 atom stereocenters. The average molecular weight is 370 g/mol. The first kappa shape index (κ1) is 17.2. The molecular weight excluding hydrogens is 348 g/mol. The lowest BCUT2D eigenvalue weighted by molar-refractivity contribution is -0.116. The summed E-state index contributed by atoms with van der Waals surface area (Å²) in [7, 11) is -1.94. The molecule has 0 bridgehead atoms. The van der Waals surface area contributed by atoms with Gasteiger partial charge in [0.25, 0.3) is 0 Å². The minimum Gasteiger partial charge on any atom is -0.326 e. The van der Waals surface area contributed by atoms with Gasteiger partial charge in [-0.05, 0) is 60.6 Å². The van der Waals surface area contributed by atoms with E-state index in [-0.39, 0.29) is 16.8 Å². The number of anilines is 1. The smallest absolute Gasteiger partial charge is 0.243 e. The Kier molecular flexibility index (Phi) is 4.32. The van der Waals surface area contributed by atoms with Crippen LogP contribution in [0.1, 0.15) is 42.0 Å². The number of fused-ring (bicyclic) bond motifs is 2. The molecule has 1 aliphatic heterocycles. The zero-order chi connectivity index (χ0) is 18.3. The van der Waals surface area contributed by atoms with Crippen LogP contribution in [0.25, 0.3) is 0 Å². The molecule has 4 rings (SSSR count). The molecule has 1 amide bonds. The number of hydrogen-bond donors (Lipinski definition) is 1. The molecule has 0 fully saturated rings. The molecule has 0 saturated carbocycles. The lowest BCUT2D eigenvalue weighted by atomic mass is 9.88. The van der Waals surface area contributed by atoms with Gasteiger partial charge in [0.05, 0.1) is 4.90 Å². The van der Waals surface area contributed by atoms with E-state index in [1.54, 1.807) is 25.2 Å². The third-order valence-electron chi connectivity index (χ3n) is 5.43. The number of carbonyl (C=O) groups excluding carboxylic acids is 1. The lowest BCUT2D eigenvalue weighted by Gasteiger charge is -2.32. The fourth-order valence-electron chi connectivity index (χ4n) is 3.96. The van der Waals surface area contributed by atoms with Gasteiger partial charge in [-0.3, -0.25) is 4.79 Å². The molecule has 1 aliphatic carbocycles. The van der Waals surface area contributed by atoms with Crippen molar-refractivity contribution in [2.24, 2.45) is 0 Å². The molecule has 26 heavy (non-hydrogen) atoms. The Hall–Kier alpha value is -2.18. The third-order valence-corrected chi connectivity index (χ3v) is 7.29. The Bertz CT molecular complexity index is 969. The molecule has 136 valence electrons. The van der Waals surface area contributed by atoms with Crippen molar-refractivity contribution in [3.8, 4) is 0 Å². The number of hydrogen-bond acceptors (Lipinski definition) is 3. The van der Waals surface area contributed by atoms with Crippen LogP contribution in [0.2, 0.25) is 0 Å². The second-order valence-electron chi connectivity index (χ2n) is 7.00. The van der Waals surface area contributed by atoms with Gasteiger partial charge in [-0.1, -0.05) is 24.3 Å². The molecule has 2 aromatic carbocycles. The van der Waals surface area contributed by atoms with Gasteiger partial charge in [-0.25, -0.2) is 8.42 Å². The maximum Gasteiger partial charge on any atom is 0.243 e. The van der Waals surface area contributed by atoms with E-state index < -0.39 is 10.0 Å². The maximum atomic E-state index is 13.2. The van der Waals surface area contributed by atoms with Crippen molar-refractivity contribution in [1.82, 2.24) is 4.31 Å². The Balaban J connectivity index is 1.68. The molecule has 0 radical (unpaired) electrons. The third kappa shape index (κ3) is 2.93. The average Bonchev–Trinajstić information content (AvgIpc) is 2.66. The summed E-state index contributed by atoms with van der Waals surface area (Å²) in [5, 5.41) is 2.80. The number of aryl methyl sites for hydroxylation is 2. The van der Waals surface area contributed by atoms with E-state index in [9.17, 15) is 13.2 Å². The number of rotatable bonds is 3. The summed E-state index contributed by atoms with van der Waals surface area (Å²) in [5.74, 6) is -0.0240. The van der Waals surface area contributed by atoms with Crippen LogP contribution in [0.15, 0.2) is 47.4 Å². The van der Waals surface area contributed by atoms with Crippen molar-refractivity contribution in [1.29, 1.82) is 0 Å². The van der Waals surface area contributed by atoms with Crippen LogP contribution < -0.4 is 5.32 Å². The predicted molar refractivity (Wildman–Crippen MR) is 100 cm³/mol. The van der Waals surface area contributed by atoms with Crippen molar-refractivity contribution in [2.45, 2.75) is 43.0 Å². The Morgan fingerprint density at radius 1 is 1.04 bits per heavy atom. The summed E-state index contributed by atoms with van der Waals surface area (Å²) < 4.78 is 28.0. The molecule has 0 aromatic heterocycles. The van der Waals surface area contributed by atoms with Crippen LogP contribution in [0.3, 0.4) is 0 Å². The molecule has 5 nitrogen and oxygen atoms in total. The van der Waals surface area contributed by atoms with Crippen LogP contribution in [-0.4, -0.2) is 25.7 Å². The summed E-state index contributed by atoms with van der Waals surface area (Å²) in [6, 6.07) is 13.0. The first-order valence-electron chi connectivity index (χ1n) is 8.95. The normalized spacial score (nSPS) is 19.6. The molecule has 2 aromatic rings. The van der Waals surface area contributed by atoms with Gasteiger partial charge in [-0.15, -0.1) is 0 Å². The molecule has 0 saturated heterocycles. The highest BCUT2D eigenvalue weighted by atomic mass is 32.2. The first-order chi connectivity index (χ1) is 12.5. The minimum absolute atomic E-state index is 0.0240. The number of benzene rings is 2. The second kappa shape index (κ2) is 6.52. The Morgan fingerprint density at radius 2 is 1.85 bits per heavy atom. The molecule has 0 unspecified atom stereocenters. The zero-order valence-corrected chi connectivity index (χ0v) is 15.6. The van der Waals surface area contributed by atoms with Gasteiger partial charge in [0.2, 0.25) is 15.9 Å². The highest BCUT2D eigenvalue weighted by Gasteiger charge is 2.32. The van der Waals surface area contributed by atoms with Gasteiger partial charge in [0.15, 0.2) is 0 Å². The largest absolute Gasteiger partial charge is 0.326 e. The lowest BCUT2D eigenvalue weighted by Crippen LogP contribution is -2.33. The van der Waals surface area contributed by atoms with Crippen molar-refractivity contribution < 1.29 is 13.2 Å². The van der Waals surface area contributed by atoms with E-state index in [0.717, 1.165) is 30.4 Å². The fourth-order valence-corrected chi connectivity index (χ4v) is 5.38. The highest BCUT2D eigenvalue weighted by Crippen LogP contribution is 2.37. The van der Waals surface area contributed by atoms with Gasteiger partial charge >= 0.3 is 0 Å². The molecule has 1 N–H and O–H groups in total. The van der Waals surface area contributed by atoms with Crippen LogP contribution in [-0.2, 0) is 27.7 Å². The van der Waals surface area contributed by atoms with Crippen LogP contribution in [0, 0.1) is 0 Å². The quantitative estimate of drug-likeness (QED) is 0.902. The van der Waals surface area contributed by atoms with E-state index in [1.807, 2.05) is 18.2 Å². The van der Waals surface area contributed by atoms with Gasteiger partial charge in [-0.2, -0.15) is 4.31 Å². The van der Waals surface area contributed by atoms with Gasteiger partial charge in [0, 0.05) is 25.2 Å². The molecular formula is C20H22N2O3S. The zero-order valence-electron chi connectivity index (χ0n) is 14.7. The second-order valence-corrected chi connectivity index (χ2v) is 8.99. The van der Waals surface area contributed by atoms with Crippen molar-refractivity contribution in [3.05, 3.63) is 59.2 Å². The molecule has 1 heterocycles.